The van der Waals surface area contributed by atoms with Crippen LogP contribution >= 0.6 is 11.8 Å². The van der Waals surface area contributed by atoms with E-state index in [1.165, 1.54) is 11.6 Å². The molecule has 0 saturated carbocycles. The molecule has 24 heavy (non-hydrogen) atoms. The average molecular weight is 345 g/mol. The molecule has 0 spiro atoms. The van der Waals surface area contributed by atoms with Crippen LogP contribution in [0.1, 0.15) is 16.7 Å². The third-order valence-corrected chi connectivity index (χ3v) is 4.29. The summed E-state index contributed by atoms with van der Waals surface area (Å²) in [4.78, 5) is 4.24. The second-order valence-corrected chi connectivity index (χ2v) is 6.30. The van der Waals surface area contributed by atoms with E-state index in [0.29, 0.717) is 6.54 Å². The van der Waals surface area contributed by atoms with Crippen molar-refractivity contribution < 1.29 is 4.39 Å². The van der Waals surface area contributed by atoms with Gasteiger partial charge < -0.3 is 10.6 Å². The number of benzene rings is 2. The molecule has 0 saturated heterocycles. The van der Waals surface area contributed by atoms with E-state index in [9.17, 15) is 4.39 Å². The van der Waals surface area contributed by atoms with Gasteiger partial charge in [-0.3, -0.25) is 4.99 Å². The highest BCUT2D eigenvalue weighted by Gasteiger charge is 2.05. The fraction of sp³-hybridized carbons (Fsp3) is 0.316. The molecule has 0 aromatic heterocycles. The molecule has 2 aromatic rings. The summed E-state index contributed by atoms with van der Waals surface area (Å²) in [7, 11) is 1.76. The summed E-state index contributed by atoms with van der Waals surface area (Å²) >= 11 is 1.69. The van der Waals surface area contributed by atoms with Gasteiger partial charge in [0.25, 0.3) is 0 Å². The van der Waals surface area contributed by atoms with Crippen molar-refractivity contribution in [2.75, 3.05) is 19.8 Å². The number of guanidine groups is 1. The first kappa shape index (κ1) is 18.3. The van der Waals surface area contributed by atoms with E-state index in [2.05, 4.69) is 27.8 Å². The van der Waals surface area contributed by atoms with Crippen molar-refractivity contribution in [1.82, 2.24) is 10.6 Å². The molecule has 0 fully saturated rings. The van der Waals surface area contributed by atoms with Gasteiger partial charge in [0.2, 0.25) is 0 Å². The summed E-state index contributed by atoms with van der Waals surface area (Å²) < 4.78 is 13.4. The Morgan fingerprint density at radius 3 is 2.58 bits per heavy atom. The molecule has 0 atom stereocenters. The highest BCUT2D eigenvalue weighted by Crippen LogP contribution is 2.16. The van der Waals surface area contributed by atoms with Crippen LogP contribution in [0, 0.1) is 5.82 Å². The number of thioether (sulfide) groups is 1. The molecule has 2 rings (SSSR count). The van der Waals surface area contributed by atoms with E-state index in [1.54, 1.807) is 24.9 Å². The van der Waals surface area contributed by atoms with Crippen molar-refractivity contribution in [3.63, 3.8) is 0 Å². The van der Waals surface area contributed by atoms with Crippen LogP contribution in [0.2, 0.25) is 0 Å². The van der Waals surface area contributed by atoms with E-state index in [4.69, 9.17) is 0 Å². The van der Waals surface area contributed by atoms with Gasteiger partial charge in [-0.2, -0.15) is 11.8 Å². The van der Waals surface area contributed by atoms with Crippen molar-refractivity contribution >= 4 is 17.7 Å². The Labute approximate surface area is 147 Å². The number of aliphatic imine (C=N–C) groups is 1. The van der Waals surface area contributed by atoms with Crippen LogP contribution in [0.15, 0.2) is 53.5 Å². The van der Waals surface area contributed by atoms with Crippen LogP contribution in [0.3, 0.4) is 0 Å². The third-order valence-electron chi connectivity index (χ3n) is 3.69. The zero-order valence-electron chi connectivity index (χ0n) is 14.2. The van der Waals surface area contributed by atoms with E-state index in [-0.39, 0.29) is 5.82 Å². The molecule has 5 heteroatoms. The van der Waals surface area contributed by atoms with Gasteiger partial charge in [0, 0.05) is 25.9 Å². The molecule has 0 aliphatic carbocycles. The first-order valence-corrected chi connectivity index (χ1v) is 9.37. The van der Waals surface area contributed by atoms with Crippen molar-refractivity contribution in [3.8, 4) is 0 Å². The van der Waals surface area contributed by atoms with E-state index in [1.807, 2.05) is 30.5 Å². The van der Waals surface area contributed by atoms with Gasteiger partial charge in [0.05, 0.1) is 0 Å². The van der Waals surface area contributed by atoms with E-state index < -0.39 is 0 Å². The van der Waals surface area contributed by atoms with Gasteiger partial charge in [0.15, 0.2) is 5.96 Å². The molecule has 0 radical (unpaired) electrons. The zero-order valence-corrected chi connectivity index (χ0v) is 15.0. The smallest absolute Gasteiger partial charge is 0.191 e. The molecule has 128 valence electrons. The predicted octanol–water partition coefficient (Wildman–Crippen LogP) is 3.60. The van der Waals surface area contributed by atoms with Gasteiger partial charge in [-0.25, -0.2) is 4.39 Å². The highest BCUT2D eigenvalue weighted by atomic mass is 32.2. The lowest BCUT2D eigenvalue weighted by Gasteiger charge is -2.14. The standard InChI is InChI=1S/C19H24FN3S/c1-21-19(22-11-10-15-6-4-3-5-7-15)23-13-16-8-9-18(20)12-17(16)14-24-2/h3-9,12H,10-11,13-14H2,1-2H3,(H2,21,22,23). The Bertz CT molecular complexity index is 659. The molecule has 0 aliphatic heterocycles. The van der Waals surface area contributed by atoms with Crippen molar-refractivity contribution in [2.24, 2.45) is 4.99 Å². The second-order valence-electron chi connectivity index (χ2n) is 5.43. The number of nitrogens with one attached hydrogen (secondary N) is 2. The quantitative estimate of drug-likeness (QED) is 0.595. The van der Waals surface area contributed by atoms with E-state index >= 15 is 0 Å². The summed E-state index contributed by atoms with van der Waals surface area (Å²) in [6.45, 7) is 1.44. The van der Waals surface area contributed by atoms with Crippen LogP contribution in [0.5, 0.6) is 0 Å². The summed E-state index contributed by atoms with van der Waals surface area (Å²) in [6.07, 6.45) is 2.96. The minimum atomic E-state index is -0.187. The normalized spacial score (nSPS) is 11.4. The maximum atomic E-state index is 13.4. The molecular weight excluding hydrogens is 321 g/mol. The zero-order chi connectivity index (χ0) is 17.2. The second kappa shape index (κ2) is 9.98. The molecule has 0 aliphatic rings. The number of halogens is 1. The van der Waals surface area contributed by atoms with Gasteiger partial charge in [-0.05, 0) is 41.5 Å². The van der Waals surface area contributed by atoms with Gasteiger partial charge >= 0.3 is 0 Å². The SMILES string of the molecule is CN=C(NCCc1ccccc1)NCc1ccc(F)cc1CSC. The maximum absolute atomic E-state index is 13.4. The van der Waals surface area contributed by atoms with Gasteiger partial charge in [-0.15, -0.1) is 0 Å². The summed E-state index contributed by atoms with van der Waals surface area (Å²) in [5.41, 5.74) is 3.41. The highest BCUT2D eigenvalue weighted by molar-refractivity contribution is 7.97. The number of hydrogen-bond acceptors (Lipinski definition) is 2. The molecule has 2 N–H and O–H groups in total. The van der Waals surface area contributed by atoms with Crippen molar-refractivity contribution in [2.45, 2.75) is 18.7 Å². The fourth-order valence-corrected chi connectivity index (χ4v) is 3.01. The van der Waals surface area contributed by atoms with Crippen molar-refractivity contribution in [1.29, 1.82) is 0 Å². The molecular formula is C19H24FN3S. The van der Waals surface area contributed by atoms with Crippen LogP contribution < -0.4 is 10.6 Å². The molecule has 0 unspecified atom stereocenters. The van der Waals surface area contributed by atoms with Gasteiger partial charge in [0.1, 0.15) is 5.82 Å². The van der Waals surface area contributed by atoms with Crippen LogP contribution in [-0.2, 0) is 18.7 Å². The minimum absolute atomic E-state index is 0.187. The average Bonchev–Trinajstić information content (AvgIpc) is 2.60. The number of hydrogen-bond donors (Lipinski definition) is 2. The number of nitrogens with zero attached hydrogens (tertiary/aromatic N) is 1. The lowest BCUT2D eigenvalue weighted by atomic mass is 10.1. The molecule has 0 bridgehead atoms. The maximum Gasteiger partial charge on any atom is 0.191 e. The first-order chi connectivity index (χ1) is 11.7. The Balaban J connectivity index is 1.85. The predicted molar refractivity (Wildman–Crippen MR) is 102 cm³/mol. The van der Waals surface area contributed by atoms with Gasteiger partial charge in [-0.1, -0.05) is 36.4 Å². The Kier molecular flexibility index (Phi) is 7.62. The fourth-order valence-electron chi connectivity index (χ4n) is 2.43. The van der Waals surface area contributed by atoms with E-state index in [0.717, 1.165) is 35.8 Å². The van der Waals surface area contributed by atoms with Crippen LogP contribution in [0.4, 0.5) is 4.39 Å². The Hall–Kier alpha value is -2.01. The summed E-state index contributed by atoms with van der Waals surface area (Å²) in [6, 6.07) is 15.3. The van der Waals surface area contributed by atoms with Crippen LogP contribution in [-0.4, -0.2) is 25.8 Å². The largest absolute Gasteiger partial charge is 0.356 e. The number of rotatable bonds is 7. The first-order valence-electron chi connectivity index (χ1n) is 7.97. The minimum Gasteiger partial charge on any atom is -0.356 e. The topological polar surface area (TPSA) is 36.4 Å². The third kappa shape index (κ3) is 5.89. The lowest BCUT2D eigenvalue weighted by molar-refractivity contribution is 0.625. The Morgan fingerprint density at radius 1 is 1.08 bits per heavy atom. The Morgan fingerprint density at radius 2 is 1.88 bits per heavy atom. The lowest BCUT2D eigenvalue weighted by Crippen LogP contribution is -2.38. The molecule has 2 aromatic carbocycles. The summed E-state index contributed by atoms with van der Waals surface area (Å²) in [5.74, 6) is 1.37. The van der Waals surface area contributed by atoms with Crippen LogP contribution in [0.25, 0.3) is 0 Å². The summed E-state index contributed by atoms with van der Waals surface area (Å²) in [5, 5.41) is 6.61. The molecule has 0 heterocycles. The van der Waals surface area contributed by atoms with Crippen molar-refractivity contribution in [3.05, 3.63) is 71.0 Å². The monoisotopic (exact) mass is 345 g/mol. The molecule has 3 nitrogen and oxygen atoms in total. The molecule has 0 amide bonds.